The van der Waals surface area contributed by atoms with Crippen molar-refractivity contribution < 1.29 is 9.90 Å². The average Bonchev–Trinajstić information content (AvgIpc) is 2.69. The molecule has 1 aliphatic carbocycles. The summed E-state index contributed by atoms with van der Waals surface area (Å²) < 4.78 is 0. The van der Waals surface area contributed by atoms with Crippen molar-refractivity contribution in [2.45, 2.75) is 32.7 Å². The van der Waals surface area contributed by atoms with E-state index in [9.17, 15) is 4.79 Å². The minimum absolute atomic E-state index is 0.102. The second kappa shape index (κ2) is 5.93. The quantitative estimate of drug-likeness (QED) is 0.900. The molecular weight excluding hydrogens is 262 g/mol. The largest absolute Gasteiger partial charge is 0.480 e. The second-order valence-electron chi connectivity index (χ2n) is 5.61. The van der Waals surface area contributed by atoms with E-state index < -0.39 is 5.97 Å². The Balaban J connectivity index is 2.22. The number of rotatable bonds is 5. The highest BCUT2D eigenvalue weighted by Crippen LogP contribution is 2.37. The molecule has 0 aromatic heterocycles. The molecule has 1 aliphatic rings. The molecule has 0 spiro atoms. The molecule has 0 aliphatic heterocycles. The van der Waals surface area contributed by atoms with E-state index in [1.165, 1.54) is 11.1 Å². The maximum Gasteiger partial charge on any atom is 0.317 e. The van der Waals surface area contributed by atoms with Crippen molar-refractivity contribution in [3.8, 4) is 0 Å². The van der Waals surface area contributed by atoms with Gasteiger partial charge in [-0.15, -0.1) is 0 Å². The summed E-state index contributed by atoms with van der Waals surface area (Å²) in [5.74, 6) is -0.307. The van der Waals surface area contributed by atoms with Crippen LogP contribution >= 0.6 is 11.6 Å². The highest BCUT2D eigenvalue weighted by atomic mass is 35.5. The van der Waals surface area contributed by atoms with Crippen molar-refractivity contribution in [1.82, 2.24) is 4.90 Å². The summed E-state index contributed by atoms with van der Waals surface area (Å²) in [5, 5.41) is 9.84. The molecule has 0 heterocycles. The van der Waals surface area contributed by atoms with E-state index >= 15 is 0 Å². The van der Waals surface area contributed by atoms with Gasteiger partial charge in [0, 0.05) is 17.6 Å². The van der Waals surface area contributed by atoms with Crippen LogP contribution in [0, 0.1) is 5.92 Å². The topological polar surface area (TPSA) is 40.5 Å². The zero-order chi connectivity index (χ0) is 14.0. The minimum atomic E-state index is -0.761. The fourth-order valence-electron chi connectivity index (χ4n) is 2.89. The van der Waals surface area contributed by atoms with Crippen LogP contribution in [0.15, 0.2) is 18.2 Å². The highest BCUT2D eigenvalue weighted by molar-refractivity contribution is 6.30. The molecule has 1 unspecified atom stereocenters. The fraction of sp³-hybridized carbons (Fsp3) is 0.533. The molecule has 2 rings (SSSR count). The molecule has 3 nitrogen and oxygen atoms in total. The van der Waals surface area contributed by atoms with Gasteiger partial charge in [0.05, 0.1) is 6.54 Å². The SMILES string of the molecule is CC(C)CN(CC(=O)O)C1CCc2cc(Cl)ccc21. The first kappa shape index (κ1) is 14.4. The number of carboxylic acids is 1. The van der Waals surface area contributed by atoms with Gasteiger partial charge in [0.1, 0.15) is 0 Å². The average molecular weight is 282 g/mol. The summed E-state index contributed by atoms with van der Waals surface area (Å²) in [5.41, 5.74) is 2.50. The number of nitrogens with zero attached hydrogens (tertiary/aromatic N) is 1. The molecule has 0 bridgehead atoms. The first-order valence-electron chi connectivity index (χ1n) is 6.71. The van der Waals surface area contributed by atoms with Gasteiger partial charge in [-0.1, -0.05) is 31.5 Å². The number of hydrogen-bond acceptors (Lipinski definition) is 2. The van der Waals surface area contributed by atoms with E-state index in [0.29, 0.717) is 5.92 Å². The van der Waals surface area contributed by atoms with E-state index in [1.807, 2.05) is 18.2 Å². The lowest BCUT2D eigenvalue weighted by Gasteiger charge is -2.29. The third-order valence-electron chi connectivity index (χ3n) is 3.53. The molecule has 1 aromatic carbocycles. The molecule has 4 heteroatoms. The third-order valence-corrected chi connectivity index (χ3v) is 3.77. The highest BCUT2D eigenvalue weighted by Gasteiger charge is 2.29. The number of aliphatic carboxylic acids is 1. The van der Waals surface area contributed by atoms with Gasteiger partial charge in [-0.2, -0.15) is 0 Å². The summed E-state index contributed by atoms with van der Waals surface area (Å²) in [7, 11) is 0. The van der Waals surface area contributed by atoms with Crippen molar-refractivity contribution in [3.63, 3.8) is 0 Å². The van der Waals surface area contributed by atoms with Crippen LogP contribution in [0.1, 0.15) is 37.4 Å². The van der Waals surface area contributed by atoms with Crippen LogP contribution < -0.4 is 0 Å². The maximum absolute atomic E-state index is 11.1. The van der Waals surface area contributed by atoms with Gasteiger partial charge < -0.3 is 5.11 Å². The van der Waals surface area contributed by atoms with Crippen molar-refractivity contribution in [2.24, 2.45) is 5.92 Å². The number of carbonyl (C=O) groups is 1. The molecular formula is C15H20ClNO2. The van der Waals surface area contributed by atoms with E-state index in [1.54, 1.807) is 0 Å². The van der Waals surface area contributed by atoms with Gasteiger partial charge in [-0.3, -0.25) is 9.69 Å². The monoisotopic (exact) mass is 281 g/mol. The lowest BCUT2D eigenvalue weighted by molar-refractivity contribution is -0.139. The predicted octanol–water partition coefficient (Wildman–Crippen LogP) is 3.37. The minimum Gasteiger partial charge on any atom is -0.480 e. The van der Waals surface area contributed by atoms with Crippen molar-refractivity contribution in [3.05, 3.63) is 34.3 Å². The summed E-state index contributed by atoms with van der Waals surface area (Å²) in [6.45, 7) is 5.14. The van der Waals surface area contributed by atoms with Gasteiger partial charge in [0.2, 0.25) is 0 Å². The van der Waals surface area contributed by atoms with Crippen LogP contribution in [-0.2, 0) is 11.2 Å². The maximum atomic E-state index is 11.1. The fourth-order valence-corrected chi connectivity index (χ4v) is 3.08. The lowest BCUT2D eigenvalue weighted by Crippen LogP contribution is -2.35. The summed E-state index contributed by atoms with van der Waals surface area (Å²) in [4.78, 5) is 13.1. The molecule has 0 saturated heterocycles. The molecule has 1 N–H and O–H groups in total. The van der Waals surface area contributed by atoms with E-state index in [-0.39, 0.29) is 12.6 Å². The van der Waals surface area contributed by atoms with Crippen molar-refractivity contribution >= 4 is 17.6 Å². The molecule has 0 radical (unpaired) electrons. The van der Waals surface area contributed by atoms with Gasteiger partial charge >= 0.3 is 5.97 Å². The summed E-state index contributed by atoms with van der Waals surface area (Å²) in [6.07, 6.45) is 1.96. The second-order valence-corrected chi connectivity index (χ2v) is 6.05. The molecule has 19 heavy (non-hydrogen) atoms. The van der Waals surface area contributed by atoms with E-state index in [0.717, 1.165) is 24.4 Å². The number of carboxylic acid groups (broad SMARTS) is 1. The van der Waals surface area contributed by atoms with Gasteiger partial charge in [0.25, 0.3) is 0 Å². The Labute approximate surface area is 119 Å². The Kier molecular flexibility index (Phi) is 4.48. The van der Waals surface area contributed by atoms with Gasteiger partial charge in [0.15, 0.2) is 0 Å². The smallest absolute Gasteiger partial charge is 0.317 e. The Hall–Kier alpha value is -1.06. The molecule has 1 aromatic rings. The Bertz CT molecular complexity index is 473. The Morgan fingerprint density at radius 3 is 2.89 bits per heavy atom. The van der Waals surface area contributed by atoms with Crippen molar-refractivity contribution in [1.29, 1.82) is 0 Å². The lowest BCUT2D eigenvalue weighted by atomic mass is 10.1. The number of benzene rings is 1. The zero-order valence-corrected chi connectivity index (χ0v) is 12.2. The first-order valence-corrected chi connectivity index (χ1v) is 7.09. The Morgan fingerprint density at radius 1 is 1.53 bits per heavy atom. The van der Waals surface area contributed by atoms with Crippen LogP contribution in [0.25, 0.3) is 0 Å². The van der Waals surface area contributed by atoms with Crippen LogP contribution in [-0.4, -0.2) is 29.1 Å². The number of halogens is 1. The van der Waals surface area contributed by atoms with Gasteiger partial charge in [-0.25, -0.2) is 0 Å². The zero-order valence-electron chi connectivity index (χ0n) is 11.4. The van der Waals surface area contributed by atoms with E-state index in [2.05, 4.69) is 18.7 Å². The van der Waals surface area contributed by atoms with Crippen LogP contribution in [0.5, 0.6) is 0 Å². The summed E-state index contributed by atoms with van der Waals surface area (Å²) >= 11 is 6.01. The van der Waals surface area contributed by atoms with Crippen LogP contribution in [0.3, 0.4) is 0 Å². The predicted molar refractivity (Wildman–Crippen MR) is 76.6 cm³/mol. The number of hydrogen-bond donors (Lipinski definition) is 1. The van der Waals surface area contributed by atoms with Crippen LogP contribution in [0.4, 0.5) is 0 Å². The first-order chi connectivity index (χ1) is 8.97. The Morgan fingerprint density at radius 2 is 2.26 bits per heavy atom. The van der Waals surface area contributed by atoms with E-state index in [4.69, 9.17) is 16.7 Å². The van der Waals surface area contributed by atoms with Crippen molar-refractivity contribution in [2.75, 3.05) is 13.1 Å². The van der Waals surface area contributed by atoms with Crippen LogP contribution in [0.2, 0.25) is 5.02 Å². The normalized spacial score (nSPS) is 18.1. The summed E-state index contributed by atoms with van der Waals surface area (Å²) in [6, 6.07) is 6.16. The van der Waals surface area contributed by atoms with Gasteiger partial charge in [-0.05, 0) is 42.0 Å². The molecule has 0 fully saturated rings. The number of fused-ring (bicyclic) bond motifs is 1. The molecule has 0 saturated carbocycles. The molecule has 0 amide bonds. The molecule has 104 valence electrons. The number of aryl methyl sites for hydroxylation is 1. The third kappa shape index (κ3) is 3.48. The standard InChI is InChI=1S/C15H20ClNO2/c1-10(2)8-17(9-15(18)19)14-6-3-11-7-12(16)4-5-13(11)14/h4-5,7,10,14H,3,6,8-9H2,1-2H3,(H,18,19). The molecule has 1 atom stereocenters.